The lowest BCUT2D eigenvalue weighted by atomic mass is 9.97. The van der Waals surface area contributed by atoms with Gasteiger partial charge in [-0.3, -0.25) is 4.79 Å². The molecule has 0 fully saturated rings. The molecule has 2 rings (SSSR count). The maximum atomic E-state index is 13.7. The maximum Gasteiger partial charge on any atom is 0.298 e. The first-order valence-electron chi connectivity index (χ1n) is 5.63. The Morgan fingerprint density at radius 2 is 2.11 bits per heavy atom. The summed E-state index contributed by atoms with van der Waals surface area (Å²) in [6.07, 6.45) is 5.81. The minimum absolute atomic E-state index is 0.107. The van der Waals surface area contributed by atoms with E-state index in [4.69, 9.17) is 11.2 Å². The summed E-state index contributed by atoms with van der Waals surface area (Å²) in [6.45, 7) is 2.13. The predicted octanol–water partition coefficient (Wildman–Crippen LogP) is 3.20. The standard InChI is InChI=1S/C15H10F2O2/c1-3-9-5-11(19-8-18)6-10-7-13(16)15(17)12(4-2)14(9)10/h2,5-8H,3H2,1H3. The van der Waals surface area contributed by atoms with Crippen molar-refractivity contribution in [3.8, 4) is 18.1 Å². The fraction of sp³-hybridized carbons (Fsp3) is 0.133. The minimum atomic E-state index is -1.03. The summed E-state index contributed by atoms with van der Waals surface area (Å²) in [4.78, 5) is 10.4. The maximum absolute atomic E-state index is 13.7. The van der Waals surface area contributed by atoms with E-state index in [9.17, 15) is 13.6 Å². The Bertz CT molecular complexity index is 700. The summed E-state index contributed by atoms with van der Waals surface area (Å²) < 4.78 is 31.9. The van der Waals surface area contributed by atoms with Gasteiger partial charge in [-0.05, 0) is 35.6 Å². The Labute approximate surface area is 109 Å². The Hall–Kier alpha value is -2.41. The van der Waals surface area contributed by atoms with Crippen molar-refractivity contribution in [2.45, 2.75) is 13.3 Å². The quantitative estimate of drug-likeness (QED) is 0.625. The van der Waals surface area contributed by atoms with E-state index in [1.54, 1.807) is 6.07 Å². The SMILES string of the molecule is C#Cc1c(F)c(F)cc2cc(OC=O)cc(CC)c12. The molecule has 0 heterocycles. The normalized spacial score (nSPS) is 10.2. The molecule has 96 valence electrons. The van der Waals surface area contributed by atoms with E-state index in [2.05, 4.69) is 5.92 Å². The molecule has 0 aliphatic heterocycles. The van der Waals surface area contributed by atoms with Crippen molar-refractivity contribution in [2.24, 2.45) is 0 Å². The Morgan fingerprint density at radius 3 is 2.68 bits per heavy atom. The van der Waals surface area contributed by atoms with E-state index in [0.717, 1.165) is 6.07 Å². The van der Waals surface area contributed by atoms with Crippen LogP contribution >= 0.6 is 0 Å². The second-order valence-corrected chi connectivity index (χ2v) is 3.94. The summed E-state index contributed by atoms with van der Waals surface area (Å²) in [5.41, 5.74) is 0.589. The van der Waals surface area contributed by atoms with Crippen molar-refractivity contribution < 1.29 is 18.3 Å². The molecule has 0 aliphatic rings. The summed E-state index contributed by atoms with van der Waals surface area (Å²) in [7, 11) is 0. The first-order valence-corrected chi connectivity index (χ1v) is 5.63. The van der Waals surface area contributed by atoms with Crippen molar-refractivity contribution in [2.75, 3.05) is 0 Å². The van der Waals surface area contributed by atoms with Crippen molar-refractivity contribution in [1.29, 1.82) is 0 Å². The molecule has 0 N–H and O–H groups in total. The average molecular weight is 260 g/mol. The van der Waals surface area contributed by atoms with Crippen molar-refractivity contribution in [1.82, 2.24) is 0 Å². The third-order valence-corrected chi connectivity index (χ3v) is 2.89. The van der Waals surface area contributed by atoms with Crippen molar-refractivity contribution >= 4 is 17.2 Å². The Balaban J connectivity index is 2.90. The highest BCUT2D eigenvalue weighted by atomic mass is 19.2. The van der Waals surface area contributed by atoms with Gasteiger partial charge in [-0.2, -0.15) is 0 Å². The molecule has 0 saturated heterocycles. The van der Waals surface area contributed by atoms with Gasteiger partial charge in [-0.25, -0.2) is 8.78 Å². The zero-order valence-corrected chi connectivity index (χ0v) is 10.2. The molecule has 19 heavy (non-hydrogen) atoms. The summed E-state index contributed by atoms with van der Waals surface area (Å²) >= 11 is 0. The highest BCUT2D eigenvalue weighted by molar-refractivity contribution is 5.92. The van der Waals surface area contributed by atoms with Gasteiger partial charge in [0.1, 0.15) is 5.75 Å². The van der Waals surface area contributed by atoms with E-state index in [1.165, 1.54) is 6.07 Å². The van der Waals surface area contributed by atoms with Gasteiger partial charge < -0.3 is 4.74 Å². The molecule has 2 aromatic rings. The minimum Gasteiger partial charge on any atom is -0.429 e. The molecule has 0 bridgehead atoms. The Morgan fingerprint density at radius 1 is 1.37 bits per heavy atom. The fourth-order valence-electron chi connectivity index (χ4n) is 2.08. The number of hydrogen-bond acceptors (Lipinski definition) is 2. The van der Waals surface area contributed by atoms with Crippen LogP contribution in [0.15, 0.2) is 18.2 Å². The first-order chi connectivity index (χ1) is 9.12. The van der Waals surface area contributed by atoms with Gasteiger partial charge in [-0.15, -0.1) is 6.42 Å². The van der Waals surface area contributed by atoms with E-state index in [-0.39, 0.29) is 17.8 Å². The van der Waals surface area contributed by atoms with Gasteiger partial charge in [0.15, 0.2) is 11.6 Å². The predicted molar refractivity (Wildman–Crippen MR) is 67.9 cm³/mol. The van der Waals surface area contributed by atoms with Crippen LogP contribution in [0.5, 0.6) is 5.75 Å². The molecular formula is C15H10F2O2. The largest absolute Gasteiger partial charge is 0.429 e. The van der Waals surface area contributed by atoms with Gasteiger partial charge in [0, 0.05) is 5.39 Å². The molecule has 0 unspecified atom stereocenters. The van der Waals surface area contributed by atoms with Crippen LogP contribution in [0.2, 0.25) is 0 Å². The van der Waals surface area contributed by atoms with Crippen molar-refractivity contribution in [3.63, 3.8) is 0 Å². The van der Waals surface area contributed by atoms with E-state index < -0.39 is 11.6 Å². The van der Waals surface area contributed by atoms with Crippen LogP contribution in [0, 0.1) is 24.0 Å². The number of carbonyl (C=O) groups is 1. The zero-order valence-electron chi connectivity index (χ0n) is 10.2. The fourth-order valence-corrected chi connectivity index (χ4v) is 2.08. The third-order valence-electron chi connectivity index (χ3n) is 2.89. The number of aryl methyl sites for hydroxylation is 1. The number of benzene rings is 2. The smallest absolute Gasteiger partial charge is 0.298 e. The molecule has 2 aromatic carbocycles. The monoisotopic (exact) mass is 260 g/mol. The van der Waals surface area contributed by atoms with Gasteiger partial charge in [0.2, 0.25) is 0 Å². The van der Waals surface area contributed by atoms with Gasteiger partial charge in [0.25, 0.3) is 6.47 Å². The topological polar surface area (TPSA) is 26.3 Å². The molecule has 0 aliphatic carbocycles. The highest BCUT2D eigenvalue weighted by Gasteiger charge is 2.15. The lowest BCUT2D eigenvalue weighted by molar-refractivity contribution is -0.120. The molecule has 0 spiro atoms. The van der Waals surface area contributed by atoms with Crippen LogP contribution in [0.3, 0.4) is 0 Å². The van der Waals surface area contributed by atoms with E-state index in [1.807, 2.05) is 6.92 Å². The molecular weight excluding hydrogens is 250 g/mol. The molecule has 0 atom stereocenters. The van der Waals surface area contributed by atoms with Crippen LogP contribution in [0.1, 0.15) is 18.1 Å². The molecule has 0 aromatic heterocycles. The number of fused-ring (bicyclic) bond motifs is 1. The second-order valence-electron chi connectivity index (χ2n) is 3.94. The van der Waals surface area contributed by atoms with E-state index in [0.29, 0.717) is 22.8 Å². The number of ether oxygens (including phenoxy) is 1. The highest BCUT2D eigenvalue weighted by Crippen LogP contribution is 2.31. The third kappa shape index (κ3) is 2.15. The van der Waals surface area contributed by atoms with E-state index >= 15 is 0 Å². The lowest BCUT2D eigenvalue weighted by Gasteiger charge is -2.11. The van der Waals surface area contributed by atoms with Gasteiger partial charge in [-0.1, -0.05) is 12.8 Å². The van der Waals surface area contributed by atoms with Crippen molar-refractivity contribution in [3.05, 3.63) is 41.0 Å². The average Bonchev–Trinajstić information content (AvgIpc) is 2.40. The van der Waals surface area contributed by atoms with Gasteiger partial charge >= 0.3 is 0 Å². The Kier molecular flexibility index (Phi) is 3.48. The molecule has 0 radical (unpaired) electrons. The number of hydrogen-bond donors (Lipinski definition) is 0. The number of terminal acetylenes is 1. The number of halogens is 2. The first kappa shape index (κ1) is 13.0. The van der Waals surface area contributed by atoms with Crippen LogP contribution in [-0.4, -0.2) is 6.47 Å². The number of rotatable bonds is 3. The molecule has 4 heteroatoms. The van der Waals surface area contributed by atoms with Crippen LogP contribution < -0.4 is 4.74 Å². The summed E-state index contributed by atoms with van der Waals surface area (Å²) in [6, 6.07) is 4.09. The van der Waals surface area contributed by atoms with Crippen LogP contribution in [0.25, 0.3) is 10.8 Å². The lowest BCUT2D eigenvalue weighted by Crippen LogP contribution is -1.98. The number of carbonyl (C=O) groups excluding carboxylic acids is 1. The summed E-state index contributed by atoms with van der Waals surface area (Å²) in [5.74, 6) is 0.395. The second kappa shape index (κ2) is 5.07. The van der Waals surface area contributed by atoms with Crippen LogP contribution in [-0.2, 0) is 11.2 Å². The van der Waals surface area contributed by atoms with Crippen LogP contribution in [0.4, 0.5) is 8.78 Å². The molecule has 2 nitrogen and oxygen atoms in total. The molecule has 0 saturated carbocycles. The molecule has 0 amide bonds. The van der Waals surface area contributed by atoms with Gasteiger partial charge in [0.05, 0.1) is 5.56 Å². The zero-order chi connectivity index (χ0) is 14.0. The summed E-state index contributed by atoms with van der Waals surface area (Å²) in [5, 5.41) is 0.880.